The number of hydrogen-bond donors (Lipinski definition) is 0. The average molecular weight is 689 g/mol. The van der Waals surface area contributed by atoms with Gasteiger partial charge in [-0.3, -0.25) is 0 Å². The van der Waals surface area contributed by atoms with E-state index in [0.29, 0.717) is 0 Å². The lowest BCUT2D eigenvalue weighted by atomic mass is 9.83. The molecule has 0 aromatic heterocycles. The van der Waals surface area contributed by atoms with Gasteiger partial charge in [0.2, 0.25) is 0 Å². The molecule has 0 aliphatic carbocycles. The van der Waals surface area contributed by atoms with Crippen molar-refractivity contribution in [2.45, 2.75) is 13.1 Å². The molecule has 0 bridgehead atoms. The second-order valence-corrected chi connectivity index (χ2v) is 19.5. The molecular formula is C52H36Si. The van der Waals surface area contributed by atoms with Crippen molar-refractivity contribution in [3.8, 4) is 44.5 Å². The van der Waals surface area contributed by atoms with Crippen LogP contribution in [0.15, 0.2) is 182 Å². The first kappa shape index (κ1) is 30.4. The summed E-state index contributed by atoms with van der Waals surface area (Å²) in [7, 11) is -2.10. The molecule has 0 nitrogen and oxygen atoms in total. The lowest BCUT2D eigenvalue weighted by molar-refractivity contribution is 1.66. The first-order chi connectivity index (χ1) is 26.1. The molecule has 0 radical (unpaired) electrons. The summed E-state index contributed by atoms with van der Waals surface area (Å²) >= 11 is 0. The Bertz CT molecular complexity index is 3130. The fraction of sp³-hybridized carbons (Fsp3) is 0.0385. The van der Waals surface area contributed by atoms with E-state index < -0.39 is 8.07 Å². The zero-order valence-corrected chi connectivity index (χ0v) is 30.8. The Hall–Kier alpha value is -6.28. The molecule has 0 atom stereocenters. The van der Waals surface area contributed by atoms with Gasteiger partial charge in [-0.15, -0.1) is 0 Å². The zero-order chi connectivity index (χ0) is 35.3. The normalized spacial score (nSPS) is 13.2. The van der Waals surface area contributed by atoms with Gasteiger partial charge in [0.15, 0.2) is 0 Å². The van der Waals surface area contributed by atoms with Gasteiger partial charge in [-0.25, -0.2) is 0 Å². The van der Waals surface area contributed by atoms with E-state index >= 15 is 0 Å². The quantitative estimate of drug-likeness (QED) is 0.0985. The van der Waals surface area contributed by atoms with Crippen LogP contribution >= 0.6 is 0 Å². The van der Waals surface area contributed by atoms with Gasteiger partial charge >= 0.3 is 0 Å². The Balaban J connectivity index is 1.26. The van der Waals surface area contributed by atoms with Gasteiger partial charge in [0.25, 0.3) is 0 Å². The maximum Gasteiger partial charge on any atom is 0.113 e. The van der Waals surface area contributed by atoms with Crippen LogP contribution in [0.2, 0.25) is 13.1 Å². The van der Waals surface area contributed by atoms with Crippen LogP contribution < -0.4 is 10.4 Å². The fourth-order valence-electron chi connectivity index (χ4n) is 9.52. The summed E-state index contributed by atoms with van der Waals surface area (Å²) in [4.78, 5) is 0. The minimum absolute atomic E-state index is 1.26. The van der Waals surface area contributed by atoms with Gasteiger partial charge in [-0.05, 0) is 121 Å². The molecule has 0 saturated carbocycles. The molecule has 11 rings (SSSR count). The van der Waals surface area contributed by atoms with Gasteiger partial charge in [-0.2, -0.15) is 0 Å². The minimum Gasteiger partial charge on any atom is -0.0622 e. The van der Waals surface area contributed by atoms with Crippen LogP contribution in [0, 0.1) is 0 Å². The van der Waals surface area contributed by atoms with E-state index in [2.05, 4.69) is 195 Å². The number of benzene rings is 10. The van der Waals surface area contributed by atoms with Crippen molar-refractivity contribution in [2.24, 2.45) is 0 Å². The Kier molecular flexibility index (Phi) is 6.50. The van der Waals surface area contributed by atoms with Gasteiger partial charge < -0.3 is 0 Å². The van der Waals surface area contributed by atoms with Gasteiger partial charge in [0.1, 0.15) is 8.07 Å². The van der Waals surface area contributed by atoms with Gasteiger partial charge in [0.05, 0.1) is 0 Å². The Morgan fingerprint density at radius 3 is 1.66 bits per heavy atom. The summed E-state index contributed by atoms with van der Waals surface area (Å²) in [6.45, 7) is 5.11. The predicted octanol–water partition coefficient (Wildman–Crippen LogP) is 13.3. The van der Waals surface area contributed by atoms with E-state index in [1.165, 1.54) is 109 Å². The molecule has 1 heterocycles. The summed E-state index contributed by atoms with van der Waals surface area (Å²) in [6.07, 6.45) is 0. The monoisotopic (exact) mass is 688 g/mol. The summed E-state index contributed by atoms with van der Waals surface area (Å²) in [6, 6.07) is 68.4. The second-order valence-electron chi connectivity index (χ2n) is 15.2. The molecule has 1 heteroatoms. The van der Waals surface area contributed by atoms with Crippen LogP contribution in [0.1, 0.15) is 0 Å². The molecule has 0 N–H and O–H groups in total. The summed E-state index contributed by atoms with van der Waals surface area (Å²) in [5.74, 6) is 0. The number of fused-ring (bicyclic) bond motifs is 9. The van der Waals surface area contributed by atoms with Crippen LogP contribution in [-0.2, 0) is 0 Å². The summed E-state index contributed by atoms with van der Waals surface area (Å²) in [5, 5.41) is 16.0. The highest BCUT2D eigenvalue weighted by Crippen LogP contribution is 2.48. The van der Waals surface area contributed by atoms with Crippen LogP contribution in [0.4, 0.5) is 0 Å². The second kappa shape index (κ2) is 11.4. The first-order valence-electron chi connectivity index (χ1n) is 18.7. The highest BCUT2D eigenvalue weighted by atomic mass is 28.3. The topological polar surface area (TPSA) is 0 Å². The van der Waals surface area contributed by atoms with Gasteiger partial charge in [-0.1, -0.05) is 183 Å². The van der Waals surface area contributed by atoms with Crippen molar-refractivity contribution in [3.63, 3.8) is 0 Å². The molecule has 1 aliphatic rings. The van der Waals surface area contributed by atoms with E-state index in [1.807, 2.05) is 0 Å². The van der Waals surface area contributed by atoms with E-state index in [9.17, 15) is 0 Å². The van der Waals surface area contributed by atoms with Crippen LogP contribution in [0.3, 0.4) is 0 Å². The van der Waals surface area contributed by atoms with E-state index in [4.69, 9.17) is 0 Å². The molecule has 0 unspecified atom stereocenters. The SMILES string of the molecule is C[Si]1(C)c2cc(-c3cccc4ccccc34)ccc2-c2cc3c(-c4cc5ccccc5c5ccccc45)c4ccccc4c(-c4ccccc4)c3cc21. The number of hydrogen-bond acceptors (Lipinski definition) is 0. The van der Waals surface area contributed by atoms with Crippen molar-refractivity contribution < 1.29 is 0 Å². The first-order valence-corrected chi connectivity index (χ1v) is 21.7. The van der Waals surface area contributed by atoms with Crippen molar-refractivity contribution in [1.82, 2.24) is 0 Å². The van der Waals surface area contributed by atoms with Gasteiger partial charge in [0, 0.05) is 0 Å². The van der Waals surface area contributed by atoms with E-state index in [-0.39, 0.29) is 0 Å². The molecule has 0 amide bonds. The maximum atomic E-state index is 2.61. The van der Waals surface area contributed by atoms with Crippen molar-refractivity contribution in [1.29, 1.82) is 0 Å². The lowest BCUT2D eigenvalue weighted by Crippen LogP contribution is -2.49. The van der Waals surface area contributed by atoms with Crippen LogP contribution in [0.25, 0.3) is 98.4 Å². The molecule has 0 fully saturated rings. The molecule has 1 aliphatic heterocycles. The standard InChI is InChI=1S/C52H36Si/c1-53(2)49-30-36(38-26-14-19-33-15-6-8-20-37(33)38)27-28-42(49)45-31-47-48(32-50(45)53)51(34-16-4-3-5-17-34)43-24-12-13-25-44(43)52(47)46-29-35-18-7-9-21-39(35)40-22-10-11-23-41(40)46/h3-32H,1-2H3. The molecule has 0 spiro atoms. The zero-order valence-electron chi connectivity index (χ0n) is 29.8. The van der Waals surface area contributed by atoms with Crippen molar-refractivity contribution >= 4 is 72.3 Å². The third-order valence-electron chi connectivity index (χ3n) is 12.0. The van der Waals surface area contributed by atoms with Crippen molar-refractivity contribution in [2.75, 3.05) is 0 Å². The molecule has 0 saturated heterocycles. The average Bonchev–Trinajstić information content (AvgIpc) is 3.43. The van der Waals surface area contributed by atoms with E-state index in [1.54, 1.807) is 0 Å². The van der Waals surface area contributed by atoms with Crippen LogP contribution in [0.5, 0.6) is 0 Å². The van der Waals surface area contributed by atoms with Crippen molar-refractivity contribution in [3.05, 3.63) is 182 Å². The smallest absolute Gasteiger partial charge is 0.0622 e. The molecular weight excluding hydrogens is 653 g/mol. The minimum atomic E-state index is -2.10. The fourth-order valence-corrected chi connectivity index (χ4v) is 12.6. The molecule has 10 aromatic carbocycles. The third kappa shape index (κ3) is 4.41. The van der Waals surface area contributed by atoms with Crippen LogP contribution in [-0.4, -0.2) is 8.07 Å². The predicted molar refractivity (Wildman–Crippen MR) is 232 cm³/mol. The summed E-state index contributed by atoms with van der Waals surface area (Å²) in [5.41, 5.74) is 10.6. The van der Waals surface area contributed by atoms with E-state index in [0.717, 1.165) is 0 Å². The Morgan fingerprint density at radius 1 is 0.283 bits per heavy atom. The summed E-state index contributed by atoms with van der Waals surface area (Å²) < 4.78 is 0. The lowest BCUT2D eigenvalue weighted by Gasteiger charge is -2.23. The Labute approximate surface area is 310 Å². The largest absolute Gasteiger partial charge is 0.113 e. The molecule has 53 heavy (non-hydrogen) atoms. The Morgan fingerprint density at radius 2 is 0.868 bits per heavy atom. The third-order valence-corrected chi connectivity index (χ3v) is 15.5. The molecule has 10 aromatic rings. The maximum absolute atomic E-state index is 2.61. The highest BCUT2D eigenvalue weighted by molar-refractivity contribution is 7.04. The highest BCUT2D eigenvalue weighted by Gasteiger charge is 2.38. The molecule has 248 valence electrons. The number of rotatable bonds is 3.